The molecule has 0 bridgehead atoms. The van der Waals surface area contributed by atoms with Gasteiger partial charge in [0.2, 0.25) is 0 Å². The number of benzene rings is 2. The number of amides is 1. The van der Waals surface area contributed by atoms with Gasteiger partial charge in [0, 0.05) is 12.4 Å². The number of ether oxygens (including phenoxy) is 1. The number of hydrogen-bond donors (Lipinski definition) is 1. The van der Waals surface area contributed by atoms with Crippen molar-refractivity contribution in [2.75, 3.05) is 11.9 Å². The molecule has 2 aromatic carbocycles. The van der Waals surface area contributed by atoms with Gasteiger partial charge in [-0.05, 0) is 50.1 Å². The molecule has 25 heavy (non-hydrogen) atoms. The summed E-state index contributed by atoms with van der Waals surface area (Å²) < 4.78 is 7.47. The molecule has 0 spiro atoms. The van der Waals surface area contributed by atoms with Crippen molar-refractivity contribution in [3.05, 3.63) is 71.5 Å². The lowest BCUT2D eigenvalue weighted by Crippen LogP contribution is -2.21. The largest absolute Gasteiger partial charge is 0.483 e. The summed E-state index contributed by atoms with van der Waals surface area (Å²) in [7, 11) is 0. The number of rotatable bonds is 5. The third-order valence-corrected chi connectivity index (χ3v) is 3.88. The van der Waals surface area contributed by atoms with Crippen molar-refractivity contribution in [3.63, 3.8) is 0 Å². The summed E-state index contributed by atoms with van der Waals surface area (Å²) >= 11 is 0. The predicted octanol–water partition coefficient (Wildman–Crippen LogP) is 3.82. The van der Waals surface area contributed by atoms with Crippen LogP contribution in [0.4, 0.5) is 5.69 Å². The first kappa shape index (κ1) is 16.8. The fraction of sp³-hybridized carbons (Fsp3) is 0.200. The van der Waals surface area contributed by atoms with E-state index in [1.807, 2.05) is 69.4 Å². The monoisotopic (exact) mass is 335 g/mol. The molecule has 0 fully saturated rings. The topological polar surface area (TPSA) is 56.1 Å². The number of anilines is 1. The van der Waals surface area contributed by atoms with Crippen molar-refractivity contribution in [1.82, 2.24) is 9.78 Å². The maximum Gasteiger partial charge on any atom is 0.262 e. The molecule has 5 nitrogen and oxygen atoms in total. The van der Waals surface area contributed by atoms with E-state index >= 15 is 0 Å². The quantitative estimate of drug-likeness (QED) is 0.771. The molecule has 0 saturated heterocycles. The molecule has 5 heteroatoms. The van der Waals surface area contributed by atoms with E-state index in [1.54, 1.807) is 10.9 Å². The van der Waals surface area contributed by atoms with Crippen LogP contribution in [-0.2, 0) is 4.79 Å². The minimum atomic E-state index is -0.209. The number of aromatic nitrogens is 2. The summed E-state index contributed by atoms with van der Waals surface area (Å²) in [5.41, 5.74) is 4.74. The van der Waals surface area contributed by atoms with Crippen molar-refractivity contribution in [3.8, 4) is 11.4 Å². The Morgan fingerprint density at radius 3 is 2.52 bits per heavy atom. The minimum absolute atomic E-state index is 0.0435. The van der Waals surface area contributed by atoms with Gasteiger partial charge in [-0.2, -0.15) is 5.10 Å². The molecule has 128 valence electrons. The first-order chi connectivity index (χ1) is 12.0. The molecule has 0 aliphatic heterocycles. The summed E-state index contributed by atoms with van der Waals surface area (Å²) in [4.78, 5) is 12.3. The van der Waals surface area contributed by atoms with Gasteiger partial charge < -0.3 is 10.1 Å². The van der Waals surface area contributed by atoms with Gasteiger partial charge in [-0.25, -0.2) is 4.68 Å². The number of aryl methyl sites for hydroxylation is 3. The maximum absolute atomic E-state index is 12.3. The van der Waals surface area contributed by atoms with E-state index in [9.17, 15) is 4.79 Å². The average molecular weight is 335 g/mol. The van der Waals surface area contributed by atoms with Crippen LogP contribution in [0, 0.1) is 20.8 Å². The summed E-state index contributed by atoms with van der Waals surface area (Å²) in [6, 6.07) is 13.5. The van der Waals surface area contributed by atoms with Gasteiger partial charge in [0.1, 0.15) is 5.75 Å². The lowest BCUT2D eigenvalue weighted by molar-refractivity contribution is -0.118. The SMILES string of the molecule is Cc1cc(C)c(OCC(=O)Nc2ccccc2-n2cccn2)c(C)c1. The molecular formula is C20H21N3O2. The summed E-state index contributed by atoms with van der Waals surface area (Å²) in [6.07, 6.45) is 3.53. The van der Waals surface area contributed by atoms with E-state index in [-0.39, 0.29) is 12.5 Å². The highest BCUT2D eigenvalue weighted by Crippen LogP contribution is 2.24. The van der Waals surface area contributed by atoms with E-state index in [4.69, 9.17) is 4.74 Å². The third kappa shape index (κ3) is 3.88. The highest BCUT2D eigenvalue weighted by Gasteiger charge is 2.11. The van der Waals surface area contributed by atoms with Crippen molar-refractivity contribution in [2.24, 2.45) is 0 Å². The molecule has 1 amide bonds. The second kappa shape index (κ2) is 7.21. The zero-order chi connectivity index (χ0) is 17.8. The Balaban J connectivity index is 1.70. The van der Waals surface area contributed by atoms with Crippen LogP contribution in [-0.4, -0.2) is 22.3 Å². The molecule has 0 aliphatic carbocycles. The summed E-state index contributed by atoms with van der Waals surface area (Å²) in [5.74, 6) is 0.556. The van der Waals surface area contributed by atoms with Crippen molar-refractivity contribution < 1.29 is 9.53 Å². The predicted molar refractivity (Wildman–Crippen MR) is 98.3 cm³/mol. The van der Waals surface area contributed by atoms with E-state index in [0.717, 1.165) is 22.6 Å². The molecular weight excluding hydrogens is 314 g/mol. The lowest BCUT2D eigenvalue weighted by Gasteiger charge is -2.14. The van der Waals surface area contributed by atoms with Gasteiger partial charge in [-0.3, -0.25) is 4.79 Å². The van der Waals surface area contributed by atoms with Gasteiger partial charge in [-0.15, -0.1) is 0 Å². The van der Waals surface area contributed by atoms with Gasteiger partial charge >= 0.3 is 0 Å². The number of hydrogen-bond acceptors (Lipinski definition) is 3. The smallest absolute Gasteiger partial charge is 0.262 e. The zero-order valence-corrected chi connectivity index (χ0v) is 14.6. The summed E-state index contributed by atoms with van der Waals surface area (Å²) in [5, 5.41) is 7.11. The Hall–Kier alpha value is -3.08. The van der Waals surface area contributed by atoms with Crippen LogP contribution in [0.25, 0.3) is 5.69 Å². The second-order valence-corrected chi connectivity index (χ2v) is 6.03. The molecule has 1 heterocycles. The van der Waals surface area contributed by atoms with Gasteiger partial charge in [-0.1, -0.05) is 29.8 Å². The minimum Gasteiger partial charge on any atom is -0.483 e. The number of carbonyl (C=O) groups excluding carboxylic acids is 1. The molecule has 1 aromatic heterocycles. The van der Waals surface area contributed by atoms with Crippen LogP contribution in [0.15, 0.2) is 54.9 Å². The van der Waals surface area contributed by atoms with Gasteiger partial charge in [0.25, 0.3) is 5.91 Å². The fourth-order valence-corrected chi connectivity index (χ4v) is 2.91. The molecule has 0 radical (unpaired) electrons. The van der Waals surface area contributed by atoms with Crippen molar-refractivity contribution in [1.29, 1.82) is 0 Å². The Morgan fingerprint density at radius 2 is 1.84 bits per heavy atom. The van der Waals surface area contributed by atoms with E-state index < -0.39 is 0 Å². The van der Waals surface area contributed by atoms with Crippen LogP contribution >= 0.6 is 0 Å². The first-order valence-corrected chi connectivity index (χ1v) is 8.14. The lowest BCUT2D eigenvalue weighted by atomic mass is 10.1. The zero-order valence-electron chi connectivity index (χ0n) is 14.6. The molecule has 1 N–H and O–H groups in total. The Bertz CT molecular complexity index is 863. The van der Waals surface area contributed by atoms with E-state index in [0.29, 0.717) is 5.69 Å². The van der Waals surface area contributed by atoms with Crippen molar-refractivity contribution >= 4 is 11.6 Å². The average Bonchev–Trinajstić information content (AvgIpc) is 3.08. The molecule has 3 aromatic rings. The van der Waals surface area contributed by atoms with Gasteiger partial charge in [0.05, 0.1) is 11.4 Å². The number of nitrogens with one attached hydrogen (secondary N) is 1. The summed E-state index contributed by atoms with van der Waals surface area (Å²) in [6.45, 7) is 5.97. The molecule has 3 rings (SSSR count). The van der Waals surface area contributed by atoms with E-state index in [2.05, 4.69) is 10.4 Å². The van der Waals surface area contributed by atoms with Gasteiger partial charge in [0.15, 0.2) is 6.61 Å². The van der Waals surface area contributed by atoms with Crippen LogP contribution in [0.1, 0.15) is 16.7 Å². The number of para-hydroxylation sites is 2. The maximum atomic E-state index is 12.3. The van der Waals surface area contributed by atoms with Crippen molar-refractivity contribution in [2.45, 2.75) is 20.8 Å². The number of nitrogens with zero attached hydrogens (tertiary/aromatic N) is 2. The molecule has 0 saturated carbocycles. The molecule has 0 aliphatic rings. The molecule has 0 atom stereocenters. The normalized spacial score (nSPS) is 10.5. The highest BCUT2D eigenvalue weighted by molar-refractivity contribution is 5.93. The first-order valence-electron chi connectivity index (χ1n) is 8.14. The Kier molecular flexibility index (Phi) is 4.84. The Morgan fingerprint density at radius 1 is 1.12 bits per heavy atom. The van der Waals surface area contributed by atoms with Crippen LogP contribution < -0.4 is 10.1 Å². The standard InChI is InChI=1S/C20H21N3O2/c1-14-11-15(2)20(16(3)12-14)25-13-19(24)22-17-7-4-5-8-18(17)23-10-6-9-21-23/h4-12H,13H2,1-3H3,(H,22,24). The number of carbonyl (C=O) groups is 1. The van der Waals surface area contributed by atoms with Crippen LogP contribution in [0.2, 0.25) is 0 Å². The van der Waals surface area contributed by atoms with E-state index in [1.165, 1.54) is 5.56 Å². The third-order valence-electron chi connectivity index (χ3n) is 3.88. The second-order valence-electron chi connectivity index (χ2n) is 6.03. The fourth-order valence-electron chi connectivity index (χ4n) is 2.91. The molecule has 0 unspecified atom stereocenters. The Labute approximate surface area is 147 Å². The van der Waals surface area contributed by atoms with Crippen LogP contribution in [0.3, 0.4) is 0 Å². The highest BCUT2D eigenvalue weighted by atomic mass is 16.5. The van der Waals surface area contributed by atoms with Crippen LogP contribution in [0.5, 0.6) is 5.75 Å².